The van der Waals surface area contributed by atoms with E-state index in [2.05, 4.69) is 21.2 Å². The zero-order valence-electron chi connectivity index (χ0n) is 17.5. The van der Waals surface area contributed by atoms with Crippen LogP contribution in [-0.4, -0.2) is 51.0 Å². The van der Waals surface area contributed by atoms with Crippen molar-refractivity contribution in [1.82, 2.24) is 10.2 Å². The Hall–Kier alpha value is -2.46. The molecule has 0 aromatic heterocycles. The molecule has 0 unspecified atom stereocenters. The molecule has 0 saturated carbocycles. The van der Waals surface area contributed by atoms with Crippen molar-refractivity contribution in [1.29, 1.82) is 0 Å². The number of hydrogen-bond donors (Lipinski definition) is 1. The third-order valence-electron chi connectivity index (χ3n) is 4.67. The van der Waals surface area contributed by atoms with Gasteiger partial charge in [-0.2, -0.15) is 0 Å². The van der Waals surface area contributed by atoms with Crippen LogP contribution >= 0.6 is 15.9 Å². The predicted octanol–water partition coefficient (Wildman–Crippen LogP) is 2.91. The van der Waals surface area contributed by atoms with Crippen LogP contribution in [-0.2, 0) is 26.2 Å². The van der Waals surface area contributed by atoms with Gasteiger partial charge in [0, 0.05) is 18.1 Å². The molecule has 0 aliphatic rings. The quantitative estimate of drug-likeness (QED) is 0.558. The van der Waals surface area contributed by atoms with E-state index in [1.165, 1.54) is 36.2 Å². The molecule has 2 amide bonds. The minimum absolute atomic E-state index is 0.0289. The van der Waals surface area contributed by atoms with E-state index in [4.69, 9.17) is 0 Å². The van der Waals surface area contributed by atoms with Gasteiger partial charge in [-0.3, -0.25) is 13.9 Å². The van der Waals surface area contributed by atoms with Crippen molar-refractivity contribution in [3.8, 4) is 0 Å². The molecule has 0 heterocycles. The van der Waals surface area contributed by atoms with Gasteiger partial charge in [0.05, 0.1) is 11.9 Å². The van der Waals surface area contributed by atoms with Crippen LogP contribution in [0.15, 0.2) is 53.0 Å². The maximum Gasteiger partial charge on any atom is 0.244 e. The SMILES string of the molecule is CC[C@@H](C(=O)NC)N(Cc1ccc(F)cc1)C(=O)CN(c1cccc(Br)c1)S(C)(=O)=O. The van der Waals surface area contributed by atoms with Gasteiger partial charge < -0.3 is 10.2 Å². The molecule has 0 radical (unpaired) electrons. The smallest absolute Gasteiger partial charge is 0.244 e. The van der Waals surface area contributed by atoms with E-state index in [9.17, 15) is 22.4 Å². The first-order chi connectivity index (χ1) is 14.6. The van der Waals surface area contributed by atoms with E-state index in [1.807, 2.05) is 0 Å². The number of halogens is 2. The molecule has 0 spiro atoms. The van der Waals surface area contributed by atoms with Crippen LogP contribution in [0.25, 0.3) is 0 Å². The zero-order chi connectivity index (χ0) is 23.2. The molecule has 7 nitrogen and oxygen atoms in total. The maximum atomic E-state index is 13.3. The van der Waals surface area contributed by atoms with Crippen LogP contribution in [0.2, 0.25) is 0 Å². The second kappa shape index (κ2) is 10.7. The highest BCUT2D eigenvalue weighted by Crippen LogP contribution is 2.23. The molecule has 2 aromatic carbocycles. The lowest BCUT2D eigenvalue weighted by atomic mass is 10.1. The largest absolute Gasteiger partial charge is 0.357 e. The lowest BCUT2D eigenvalue weighted by Crippen LogP contribution is -2.51. The molecule has 0 aliphatic carbocycles. The van der Waals surface area contributed by atoms with Crippen molar-refractivity contribution in [2.75, 3.05) is 24.2 Å². The number of likely N-dealkylation sites (N-methyl/N-ethyl adjacent to an activating group) is 1. The van der Waals surface area contributed by atoms with Crippen molar-refractivity contribution in [2.24, 2.45) is 0 Å². The number of rotatable bonds is 9. The van der Waals surface area contributed by atoms with Crippen LogP contribution in [0.3, 0.4) is 0 Å². The summed E-state index contributed by atoms with van der Waals surface area (Å²) in [7, 11) is -2.32. The van der Waals surface area contributed by atoms with Crippen LogP contribution in [0.5, 0.6) is 0 Å². The Bertz CT molecular complexity index is 1030. The average molecular weight is 514 g/mol. The molecule has 1 atom stereocenters. The highest BCUT2D eigenvalue weighted by Gasteiger charge is 2.31. The van der Waals surface area contributed by atoms with Gasteiger partial charge in [0.1, 0.15) is 18.4 Å². The molecule has 2 rings (SSSR count). The van der Waals surface area contributed by atoms with Crippen molar-refractivity contribution in [2.45, 2.75) is 25.9 Å². The summed E-state index contributed by atoms with van der Waals surface area (Å²) in [6.07, 6.45) is 1.34. The summed E-state index contributed by atoms with van der Waals surface area (Å²) in [4.78, 5) is 27.1. The Balaban J connectivity index is 2.41. The minimum Gasteiger partial charge on any atom is -0.357 e. The fraction of sp³-hybridized carbons (Fsp3) is 0.333. The summed E-state index contributed by atoms with van der Waals surface area (Å²) in [5, 5.41) is 2.54. The van der Waals surface area contributed by atoms with E-state index < -0.39 is 34.3 Å². The summed E-state index contributed by atoms with van der Waals surface area (Å²) < 4.78 is 39.8. The molecule has 0 bridgehead atoms. The predicted molar refractivity (Wildman–Crippen MR) is 121 cm³/mol. The number of nitrogens with one attached hydrogen (secondary N) is 1. The molecular weight excluding hydrogens is 489 g/mol. The molecule has 168 valence electrons. The summed E-state index contributed by atoms with van der Waals surface area (Å²) >= 11 is 3.30. The van der Waals surface area contributed by atoms with Gasteiger partial charge in [-0.05, 0) is 42.3 Å². The lowest BCUT2D eigenvalue weighted by Gasteiger charge is -2.32. The number of carbonyl (C=O) groups excluding carboxylic acids is 2. The van der Waals surface area contributed by atoms with Gasteiger partial charge >= 0.3 is 0 Å². The van der Waals surface area contributed by atoms with E-state index in [1.54, 1.807) is 31.2 Å². The number of anilines is 1. The van der Waals surface area contributed by atoms with Gasteiger partial charge in [0.15, 0.2) is 0 Å². The molecule has 1 N–H and O–H groups in total. The number of nitrogens with zero attached hydrogens (tertiary/aromatic N) is 2. The summed E-state index contributed by atoms with van der Waals surface area (Å²) in [5.74, 6) is -1.34. The highest BCUT2D eigenvalue weighted by molar-refractivity contribution is 9.10. The van der Waals surface area contributed by atoms with Crippen molar-refractivity contribution < 1.29 is 22.4 Å². The Labute approximate surface area is 190 Å². The minimum atomic E-state index is -3.79. The number of hydrogen-bond acceptors (Lipinski definition) is 4. The van der Waals surface area contributed by atoms with E-state index in [0.717, 1.165) is 10.6 Å². The Morgan fingerprint density at radius 2 is 1.81 bits per heavy atom. The van der Waals surface area contributed by atoms with Crippen molar-refractivity contribution in [3.63, 3.8) is 0 Å². The third kappa shape index (κ3) is 6.76. The van der Waals surface area contributed by atoms with E-state index in [-0.39, 0.29) is 12.5 Å². The standard InChI is InChI=1S/C21H25BrFN3O4S/c1-4-19(21(28)24-2)25(13-15-8-10-17(23)11-9-15)20(27)14-26(31(3,29)30)18-7-5-6-16(22)12-18/h5-12,19H,4,13-14H2,1-3H3,(H,24,28)/t19-/m0/s1. The van der Waals surface area contributed by atoms with Gasteiger partial charge in [-0.25, -0.2) is 12.8 Å². The Kier molecular flexibility index (Phi) is 8.58. The first-order valence-electron chi connectivity index (χ1n) is 9.55. The topological polar surface area (TPSA) is 86.8 Å². The van der Waals surface area contributed by atoms with Crippen molar-refractivity contribution in [3.05, 3.63) is 64.4 Å². The first kappa shape index (κ1) is 24.8. The summed E-state index contributed by atoms with van der Waals surface area (Å²) in [6.45, 7) is 1.30. The van der Waals surface area contributed by atoms with Gasteiger partial charge in [-0.15, -0.1) is 0 Å². The Morgan fingerprint density at radius 1 is 1.16 bits per heavy atom. The Morgan fingerprint density at radius 3 is 2.32 bits per heavy atom. The van der Waals surface area contributed by atoms with Crippen molar-refractivity contribution >= 4 is 43.5 Å². The molecule has 2 aromatic rings. The van der Waals surface area contributed by atoms with Gasteiger partial charge in [0.25, 0.3) is 0 Å². The summed E-state index contributed by atoms with van der Waals surface area (Å²) in [6, 6.07) is 11.3. The second-order valence-corrected chi connectivity index (χ2v) is 9.76. The monoisotopic (exact) mass is 513 g/mol. The lowest BCUT2D eigenvalue weighted by molar-refractivity contribution is -0.140. The summed E-state index contributed by atoms with van der Waals surface area (Å²) in [5.41, 5.74) is 0.936. The molecule has 31 heavy (non-hydrogen) atoms. The van der Waals surface area contributed by atoms with Gasteiger partial charge in [-0.1, -0.05) is 41.1 Å². The number of carbonyl (C=O) groups is 2. The van der Waals surface area contributed by atoms with E-state index in [0.29, 0.717) is 22.1 Å². The van der Waals surface area contributed by atoms with Crippen LogP contribution < -0.4 is 9.62 Å². The molecular formula is C21H25BrFN3O4S. The van der Waals surface area contributed by atoms with Crippen LogP contribution in [0, 0.1) is 5.82 Å². The van der Waals surface area contributed by atoms with Crippen LogP contribution in [0.4, 0.5) is 10.1 Å². The molecule has 0 aliphatic heterocycles. The molecule has 0 fully saturated rings. The normalized spacial score (nSPS) is 12.2. The number of benzene rings is 2. The number of amides is 2. The maximum absolute atomic E-state index is 13.3. The highest BCUT2D eigenvalue weighted by atomic mass is 79.9. The third-order valence-corrected chi connectivity index (χ3v) is 6.31. The molecule has 10 heteroatoms. The second-order valence-electron chi connectivity index (χ2n) is 6.94. The molecule has 0 saturated heterocycles. The fourth-order valence-corrected chi connectivity index (χ4v) is 4.35. The van der Waals surface area contributed by atoms with Crippen LogP contribution in [0.1, 0.15) is 18.9 Å². The average Bonchev–Trinajstić information content (AvgIpc) is 2.72. The fourth-order valence-electron chi connectivity index (χ4n) is 3.12. The van der Waals surface area contributed by atoms with E-state index >= 15 is 0 Å². The first-order valence-corrected chi connectivity index (χ1v) is 12.2. The van der Waals surface area contributed by atoms with Gasteiger partial charge in [0.2, 0.25) is 21.8 Å². The number of sulfonamides is 1. The zero-order valence-corrected chi connectivity index (χ0v) is 19.9.